The van der Waals surface area contributed by atoms with Crippen molar-refractivity contribution in [3.05, 3.63) is 42.0 Å². The maximum absolute atomic E-state index is 10.6. The van der Waals surface area contributed by atoms with Gasteiger partial charge in [0.2, 0.25) is 6.79 Å². The van der Waals surface area contributed by atoms with Gasteiger partial charge in [0.15, 0.2) is 11.5 Å². The lowest BCUT2D eigenvalue weighted by Gasteiger charge is -2.36. The minimum Gasteiger partial charge on any atom is -0.454 e. The van der Waals surface area contributed by atoms with E-state index in [0.717, 1.165) is 36.6 Å². The molecule has 0 aliphatic carbocycles. The monoisotopic (exact) mass is 315 g/mol. The number of imidazole rings is 1. The van der Waals surface area contributed by atoms with Gasteiger partial charge in [0, 0.05) is 32.3 Å². The highest BCUT2D eigenvalue weighted by Crippen LogP contribution is 2.37. The third-order valence-corrected chi connectivity index (χ3v) is 4.79. The highest BCUT2D eigenvalue weighted by Gasteiger charge is 2.30. The third kappa shape index (κ3) is 2.80. The van der Waals surface area contributed by atoms with Crippen LogP contribution < -0.4 is 9.47 Å². The van der Waals surface area contributed by atoms with Crippen LogP contribution in [0.3, 0.4) is 0 Å². The zero-order chi connectivity index (χ0) is 15.8. The number of aromatic nitrogens is 2. The summed E-state index contributed by atoms with van der Waals surface area (Å²) >= 11 is 0. The van der Waals surface area contributed by atoms with Crippen LogP contribution >= 0.6 is 0 Å². The van der Waals surface area contributed by atoms with Crippen LogP contribution in [0.2, 0.25) is 0 Å². The van der Waals surface area contributed by atoms with Gasteiger partial charge in [-0.1, -0.05) is 6.07 Å². The number of likely N-dealkylation sites (tertiary alicyclic amines) is 1. The summed E-state index contributed by atoms with van der Waals surface area (Å²) in [5, 5.41) is 10.6. The topological polar surface area (TPSA) is 59.8 Å². The van der Waals surface area contributed by atoms with Crippen LogP contribution in [0.5, 0.6) is 11.5 Å². The van der Waals surface area contributed by atoms with E-state index in [0.29, 0.717) is 6.54 Å². The highest BCUT2D eigenvalue weighted by atomic mass is 16.7. The summed E-state index contributed by atoms with van der Waals surface area (Å²) in [5.74, 6) is 1.72. The predicted octanol–water partition coefficient (Wildman–Crippen LogP) is 1.50. The molecule has 0 spiro atoms. The number of piperidine rings is 1. The van der Waals surface area contributed by atoms with Crippen molar-refractivity contribution in [2.24, 2.45) is 7.05 Å². The molecule has 0 radical (unpaired) electrons. The lowest BCUT2D eigenvalue weighted by atomic mass is 9.87. The van der Waals surface area contributed by atoms with E-state index in [4.69, 9.17) is 9.47 Å². The van der Waals surface area contributed by atoms with Crippen molar-refractivity contribution in [3.63, 3.8) is 0 Å². The number of fused-ring (bicyclic) bond motifs is 1. The highest BCUT2D eigenvalue weighted by molar-refractivity contribution is 5.45. The quantitative estimate of drug-likeness (QED) is 0.930. The van der Waals surface area contributed by atoms with E-state index >= 15 is 0 Å². The lowest BCUT2D eigenvalue weighted by Crippen LogP contribution is -2.42. The van der Waals surface area contributed by atoms with Crippen LogP contribution in [0.1, 0.15) is 23.6 Å². The van der Waals surface area contributed by atoms with Gasteiger partial charge in [0.25, 0.3) is 0 Å². The molecule has 0 unspecified atom stereocenters. The minimum absolute atomic E-state index is 0.146. The molecule has 122 valence electrons. The molecule has 1 aromatic carbocycles. The third-order valence-electron chi connectivity index (χ3n) is 4.79. The predicted molar refractivity (Wildman–Crippen MR) is 84.4 cm³/mol. The van der Waals surface area contributed by atoms with Crippen molar-refractivity contribution in [3.8, 4) is 11.5 Å². The summed E-state index contributed by atoms with van der Waals surface area (Å²) in [6.07, 6.45) is 4.25. The molecule has 4 rings (SSSR count). The van der Waals surface area contributed by atoms with Gasteiger partial charge >= 0.3 is 0 Å². The van der Waals surface area contributed by atoms with Gasteiger partial charge in [-0.25, -0.2) is 4.98 Å². The van der Waals surface area contributed by atoms with E-state index in [-0.39, 0.29) is 18.8 Å². The minimum atomic E-state index is -0.377. The molecule has 2 aliphatic rings. The number of β-amino-alcohol motifs (C(OH)–C–C–N with tert-alkyl or cyclic N) is 1. The molecular formula is C17H21N3O3. The Morgan fingerprint density at radius 1 is 1.30 bits per heavy atom. The molecule has 2 aliphatic heterocycles. The number of ether oxygens (including phenoxy) is 2. The largest absolute Gasteiger partial charge is 0.454 e. The first-order chi connectivity index (χ1) is 11.2. The van der Waals surface area contributed by atoms with E-state index in [2.05, 4.69) is 9.88 Å². The zero-order valence-corrected chi connectivity index (χ0v) is 13.2. The van der Waals surface area contributed by atoms with Gasteiger partial charge in [-0.05, 0) is 30.7 Å². The molecule has 0 saturated carbocycles. The second-order valence-electron chi connectivity index (χ2n) is 6.31. The molecule has 0 bridgehead atoms. The van der Waals surface area contributed by atoms with Gasteiger partial charge in [-0.2, -0.15) is 0 Å². The van der Waals surface area contributed by atoms with Crippen molar-refractivity contribution in [1.82, 2.24) is 14.5 Å². The lowest BCUT2D eigenvalue weighted by molar-refractivity contribution is 0.0467. The fourth-order valence-corrected chi connectivity index (χ4v) is 3.44. The molecule has 1 aromatic heterocycles. The molecule has 0 amide bonds. The maximum Gasteiger partial charge on any atom is 0.231 e. The Kier molecular flexibility index (Phi) is 3.71. The van der Waals surface area contributed by atoms with E-state index in [9.17, 15) is 5.11 Å². The van der Waals surface area contributed by atoms with Gasteiger partial charge in [-0.3, -0.25) is 4.90 Å². The summed E-state index contributed by atoms with van der Waals surface area (Å²) in [4.78, 5) is 6.43. The number of rotatable bonds is 3. The number of benzene rings is 1. The van der Waals surface area contributed by atoms with Crippen molar-refractivity contribution in [2.45, 2.75) is 25.0 Å². The Hall–Kier alpha value is -2.05. The summed E-state index contributed by atoms with van der Waals surface area (Å²) < 4.78 is 12.8. The normalized spacial score (nSPS) is 24.1. The number of aliphatic hydroxyl groups excluding tert-OH is 1. The van der Waals surface area contributed by atoms with Crippen LogP contribution in [0.25, 0.3) is 0 Å². The average molecular weight is 315 g/mol. The smallest absolute Gasteiger partial charge is 0.231 e. The zero-order valence-electron chi connectivity index (χ0n) is 13.2. The van der Waals surface area contributed by atoms with Crippen molar-refractivity contribution < 1.29 is 14.6 Å². The summed E-state index contributed by atoms with van der Waals surface area (Å²) in [7, 11) is 2.00. The molecule has 1 N–H and O–H groups in total. The molecule has 6 nitrogen and oxygen atoms in total. The molecule has 3 heterocycles. The number of aliphatic hydroxyl groups is 1. The summed E-state index contributed by atoms with van der Waals surface area (Å²) in [5.41, 5.74) is 2.29. The number of aryl methyl sites for hydroxylation is 1. The Morgan fingerprint density at radius 2 is 2.17 bits per heavy atom. The van der Waals surface area contributed by atoms with Crippen molar-refractivity contribution in [1.29, 1.82) is 0 Å². The Bertz CT molecular complexity index is 700. The molecule has 6 heteroatoms. The Morgan fingerprint density at radius 3 is 2.96 bits per heavy atom. The van der Waals surface area contributed by atoms with Crippen LogP contribution in [0.4, 0.5) is 0 Å². The second-order valence-corrected chi connectivity index (χ2v) is 6.31. The maximum atomic E-state index is 10.6. The average Bonchev–Trinajstić information content (AvgIpc) is 3.16. The standard InChI is InChI=1S/C17H21N3O3/c1-19-10-18-7-13(19)8-20-5-4-14(15(21)9-20)12-2-3-16-17(6-12)23-11-22-16/h2-3,6-7,10,14-15,21H,4-5,8-9,11H2,1H3/t14-,15+/m0/s1. The Balaban J connectivity index is 1.44. The first-order valence-electron chi connectivity index (χ1n) is 7.96. The van der Waals surface area contributed by atoms with Crippen molar-refractivity contribution >= 4 is 0 Å². The fourth-order valence-electron chi connectivity index (χ4n) is 3.44. The van der Waals surface area contributed by atoms with Gasteiger partial charge < -0.3 is 19.1 Å². The summed E-state index contributed by atoms with van der Waals surface area (Å²) in [6, 6.07) is 5.98. The van der Waals surface area contributed by atoms with Crippen molar-refractivity contribution in [2.75, 3.05) is 19.9 Å². The molecule has 1 fully saturated rings. The Labute approximate surface area is 135 Å². The summed E-state index contributed by atoms with van der Waals surface area (Å²) in [6.45, 7) is 2.73. The van der Waals surface area contributed by atoms with Crippen LogP contribution in [-0.2, 0) is 13.6 Å². The van der Waals surface area contributed by atoms with E-state index < -0.39 is 0 Å². The van der Waals surface area contributed by atoms with Crippen LogP contribution in [-0.4, -0.2) is 45.5 Å². The van der Waals surface area contributed by atoms with Crippen LogP contribution in [0, 0.1) is 0 Å². The fraction of sp³-hybridized carbons (Fsp3) is 0.471. The number of nitrogens with zero attached hydrogens (tertiary/aromatic N) is 3. The van der Waals surface area contributed by atoms with Crippen LogP contribution in [0.15, 0.2) is 30.7 Å². The van der Waals surface area contributed by atoms with E-state index in [1.807, 2.05) is 42.3 Å². The first-order valence-corrected chi connectivity index (χ1v) is 7.96. The molecule has 2 atom stereocenters. The molecule has 2 aromatic rings. The molecular weight excluding hydrogens is 294 g/mol. The first kappa shape index (κ1) is 14.5. The molecule has 23 heavy (non-hydrogen) atoms. The molecule has 1 saturated heterocycles. The second kappa shape index (κ2) is 5.86. The van der Waals surface area contributed by atoms with Gasteiger partial charge in [0.05, 0.1) is 18.1 Å². The van der Waals surface area contributed by atoms with Gasteiger partial charge in [-0.15, -0.1) is 0 Å². The van der Waals surface area contributed by atoms with Gasteiger partial charge in [0.1, 0.15) is 0 Å². The number of hydrogen-bond donors (Lipinski definition) is 1. The SMILES string of the molecule is Cn1cncc1CN1CC[C@@H](c2ccc3c(c2)OCO3)[C@H](O)C1. The number of hydrogen-bond acceptors (Lipinski definition) is 5. The van der Waals surface area contributed by atoms with E-state index in [1.165, 1.54) is 5.69 Å². The van der Waals surface area contributed by atoms with E-state index in [1.54, 1.807) is 0 Å².